The second kappa shape index (κ2) is 5.75. The van der Waals surface area contributed by atoms with Crippen molar-refractivity contribution in [3.63, 3.8) is 0 Å². The summed E-state index contributed by atoms with van der Waals surface area (Å²) in [6.45, 7) is 5.74. The maximum Gasteiger partial charge on any atom is 0.299 e. The maximum atomic E-state index is 5.69. The quantitative estimate of drug-likeness (QED) is 0.885. The molecular formula is C12H15N3OS. The van der Waals surface area contributed by atoms with Gasteiger partial charge in [0.05, 0.1) is 0 Å². The third kappa shape index (κ3) is 3.25. The molecule has 1 aromatic heterocycles. The van der Waals surface area contributed by atoms with E-state index in [1.54, 1.807) is 0 Å². The highest BCUT2D eigenvalue weighted by molar-refractivity contribution is 7.13. The molecule has 0 saturated carbocycles. The Bertz CT molecular complexity index is 484. The Morgan fingerprint density at radius 1 is 1.29 bits per heavy atom. The number of para-hydroxylation sites is 1. The summed E-state index contributed by atoms with van der Waals surface area (Å²) in [6.07, 6.45) is 0. The van der Waals surface area contributed by atoms with Crippen LogP contribution in [-0.4, -0.2) is 16.7 Å². The Morgan fingerprint density at radius 2 is 2.12 bits per heavy atom. The molecule has 0 saturated heterocycles. The van der Waals surface area contributed by atoms with E-state index < -0.39 is 0 Å². The molecule has 5 heteroatoms. The molecule has 90 valence electrons. The standard InChI is InChI=1S/C12H15N3OS/c1-3-13-8-11-14-15-12(17-11)16-10-7-5-4-6-9(10)2/h4-7,13H,3,8H2,1-2H3. The lowest BCUT2D eigenvalue weighted by Gasteiger charge is -2.03. The van der Waals surface area contributed by atoms with Crippen molar-refractivity contribution in [2.45, 2.75) is 20.4 Å². The fourth-order valence-corrected chi connectivity index (χ4v) is 2.02. The molecule has 0 spiro atoms. The number of benzene rings is 1. The van der Waals surface area contributed by atoms with Gasteiger partial charge in [-0.05, 0) is 25.1 Å². The Balaban J connectivity index is 2.04. The average molecular weight is 249 g/mol. The topological polar surface area (TPSA) is 47.0 Å². The first-order valence-electron chi connectivity index (χ1n) is 5.56. The molecule has 1 heterocycles. The second-order valence-electron chi connectivity index (χ2n) is 3.61. The van der Waals surface area contributed by atoms with Gasteiger partial charge in [0, 0.05) is 6.54 Å². The van der Waals surface area contributed by atoms with Gasteiger partial charge in [-0.15, -0.1) is 5.10 Å². The van der Waals surface area contributed by atoms with Crippen LogP contribution in [0.15, 0.2) is 24.3 Å². The molecule has 0 unspecified atom stereocenters. The van der Waals surface area contributed by atoms with Crippen molar-refractivity contribution in [2.24, 2.45) is 0 Å². The van der Waals surface area contributed by atoms with Gasteiger partial charge in [-0.1, -0.05) is 41.6 Å². The first-order valence-corrected chi connectivity index (χ1v) is 6.38. The van der Waals surface area contributed by atoms with Gasteiger partial charge in [0.1, 0.15) is 10.8 Å². The summed E-state index contributed by atoms with van der Waals surface area (Å²) in [5, 5.41) is 12.8. The molecule has 0 radical (unpaired) electrons. The fraction of sp³-hybridized carbons (Fsp3) is 0.333. The molecule has 1 N–H and O–H groups in total. The van der Waals surface area contributed by atoms with Gasteiger partial charge in [-0.2, -0.15) is 0 Å². The Kier molecular flexibility index (Phi) is 4.06. The first-order chi connectivity index (χ1) is 8.29. The van der Waals surface area contributed by atoms with Crippen molar-refractivity contribution in [1.82, 2.24) is 15.5 Å². The molecule has 17 heavy (non-hydrogen) atoms. The largest absolute Gasteiger partial charge is 0.430 e. The van der Waals surface area contributed by atoms with Crippen LogP contribution in [0.5, 0.6) is 10.9 Å². The zero-order valence-electron chi connectivity index (χ0n) is 9.93. The van der Waals surface area contributed by atoms with E-state index in [-0.39, 0.29) is 0 Å². The van der Waals surface area contributed by atoms with Crippen LogP contribution in [-0.2, 0) is 6.54 Å². The molecule has 0 atom stereocenters. The van der Waals surface area contributed by atoms with Crippen LogP contribution >= 0.6 is 11.3 Å². The van der Waals surface area contributed by atoms with Crippen molar-refractivity contribution in [1.29, 1.82) is 0 Å². The van der Waals surface area contributed by atoms with Gasteiger partial charge in [0.25, 0.3) is 5.19 Å². The highest BCUT2D eigenvalue weighted by Gasteiger charge is 2.06. The summed E-state index contributed by atoms with van der Waals surface area (Å²) in [5.74, 6) is 0.832. The lowest BCUT2D eigenvalue weighted by atomic mass is 10.2. The van der Waals surface area contributed by atoms with Crippen molar-refractivity contribution in [2.75, 3.05) is 6.54 Å². The lowest BCUT2D eigenvalue weighted by Crippen LogP contribution is -2.11. The molecule has 4 nitrogen and oxygen atoms in total. The SMILES string of the molecule is CCNCc1nnc(Oc2ccccc2C)s1. The zero-order valence-corrected chi connectivity index (χ0v) is 10.8. The van der Waals surface area contributed by atoms with Gasteiger partial charge >= 0.3 is 0 Å². The van der Waals surface area contributed by atoms with Crippen LogP contribution in [0.3, 0.4) is 0 Å². The van der Waals surface area contributed by atoms with Crippen LogP contribution in [0, 0.1) is 6.92 Å². The molecular weight excluding hydrogens is 234 g/mol. The summed E-state index contributed by atoms with van der Waals surface area (Å²) < 4.78 is 5.69. The maximum absolute atomic E-state index is 5.69. The summed E-state index contributed by atoms with van der Waals surface area (Å²) in [5.41, 5.74) is 1.09. The molecule has 0 aliphatic heterocycles. The molecule has 0 aliphatic rings. The van der Waals surface area contributed by atoms with E-state index >= 15 is 0 Å². The number of rotatable bonds is 5. The molecule has 2 rings (SSSR count). The van der Waals surface area contributed by atoms with E-state index in [0.29, 0.717) is 5.19 Å². The van der Waals surface area contributed by atoms with Gasteiger partial charge in [0.2, 0.25) is 0 Å². The number of hydrogen-bond donors (Lipinski definition) is 1. The van der Waals surface area contributed by atoms with Crippen LogP contribution in [0.2, 0.25) is 0 Å². The van der Waals surface area contributed by atoms with Gasteiger partial charge < -0.3 is 10.1 Å². The van der Waals surface area contributed by atoms with Crippen molar-refractivity contribution in [3.8, 4) is 10.9 Å². The monoisotopic (exact) mass is 249 g/mol. The average Bonchev–Trinajstić information content (AvgIpc) is 2.77. The minimum absolute atomic E-state index is 0.590. The number of nitrogens with one attached hydrogen (secondary N) is 1. The third-order valence-electron chi connectivity index (χ3n) is 2.27. The summed E-state index contributed by atoms with van der Waals surface area (Å²) in [6, 6.07) is 7.87. The zero-order chi connectivity index (χ0) is 12.1. The van der Waals surface area contributed by atoms with Gasteiger partial charge in [0.15, 0.2) is 0 Å². The van der Waals surface area contributed by atoms with Gasteiger partial charge in [-0.25, -0.2) is 0 Å². The van der Waals surface area contributed by atoms with E-state index in [1.165, 1.54) is 11.3 Å². The summed E-state index contributed by atoms with van der Waals surface area (Å²) in [7, 11) is 0. The Hall–Kier alpha value is -1.46. The predicted molar refractivity (Wildman–Crippen MR) is 68.5 cm³/mol. The van der Waals surface area contributed by atoms with Crippen molar-refractivity contribution < 1.29 is 4.74 Å². The van der Waals surface area contributed by atoms with E-state index in [9.17, 15) is 0 Å². The molecule has 0 aliphatic carbocycles. The van der Waals surface area contributed by atoms with Crippen LogP contribution in [0.4, 0.5) is 0 Å². The number of hydrogen-bond acceptors (Lipinski definition) is 5. The number of aromatic nitrogens is 2. The highest BCUT2D eigenvalue weighted by Crippen LogP contribution is 2.27. The minimum atomic E-state index is 0.590. The minimum Gasteiger partial charge on any atom is -0.430 e. The number of nitrogens with zero attached hydrogens (tertiary/aromatic N) is 2. The highest BCUT2D eigenvalue weighted by atomic mass is 32.1. The van der Waals surface area contributed by atoms with Crippen molar-refractivity contribution in [3.05, 3.63) is 34.8 Å². The second-order valence-corrected chi connectivity index (χ2v) is 4.63. The van der Waals surface area contributed by atoms with Crippen LogP contribution in [0.1, 0.15) is 17.5 Å². The van der Waals surface area contributed by atoms with E-state index in [0.717, 1.165) is 29.4 Å². The number of aryl methyl sites for hydroxylation is 1. The van der Waals surface area contributed by atoms with E-state index in [4.69, 9.17) is 4.74 Å². The molecule has 1 aromatic carbocycles. The van der Waals surface area contributed by atoms with Gasteiger partial charge in [-0.3, -0.25) is 0 Å². The molecule has 0 amide bonds. The van der Waals surface area contributed by atoms with Crippen molar-refractivity contribution >= 4 is 11.3 Å². The summed E-state index contributed by atoms with van der Waals surface area (Å²) in [4.78, 5) is 0. The summed E-state index contributed by atoms with van der Waals surface area (Å²) >= 11 is 1.47. The van der Waals surface area contributed by atoms with Crippen LogP contribution < -0.4 is 10.1 Å². The van der Waals surface area contributed by atoms with E-state index in [1.807, 2.05) is 31.2 Å². The van der Waals surface area contributed by atoms with E-state index in [2.05, 4.69) is 22.4 Å². The molecule has 0 fully saturated rings. The lowest BCUT2D eigenvalue weighted by molar-refractivity contribution is 0.469. The Labute approximate surface area is 105 Å². The normalized spacial score (nSPS) is 10.5. The fourth-order valence-electron chi connectivity index (χ4n) is 1.35. The number of ether oxygens (including phenoxy) is 1. The Morgan fingerprint density at radius 3 is 2.88 bits per heavy atom. The molecule has 2 aromatic rings. The smallest absolute Gasteiger partial charge is 0.299 e. The third-order valence-corrected chi connectivity index (χ3v) is 3.07. The van der Waals surface area contributed by atoms with Crippen LogP contribution in [0.25, 0.3) is 0 Å². The first kappa shape index (κ1) is 12.0. The molecule has 0 bridgehead atoms. The predicted octanol–water partition coefficient (Wildman–Crippen LogP) is 2.75.